The van der Waals surface area contributed by atoms with E-state index in [0.717, 1.165) is 22.7 Å². The number of hydrogen-bond donors (Lipinski definition) is 11. The van der Waals surface area contributed by atoms with Crippen LogP contribution in [0, 0.1) is 42.4 Å². The Morgan fingerprint density at radius 2 is 1.51 bits per heavy atom. The number of hydrogen-bond acceptors (Lipinski definition) is 17. The number of rotatable bonds is 14. The highest BCUT2D eigenvalue weighted by Gasteiger charge is 2.44. The van der Waals surface area contributed by atoms with E-state index in [9.17, 15) is 80.7 Å². The number of benzene rings is 1. The predicted molar refractivity (Wildman–Crippen MR) is 277 cm³/mol. The summed E-state index contributed by atoms with van der Waals surface area (Å²) in [5.74, 6) is -12.7. The van der Waals surface area contributed by atoms with Crippen LogP contribution in [0.4, 0.5) is 0 Å². The number of H-pyrrole nitrogens is 1. The molecule has 1 unspecified atom stereocenters. The van der Waals surface area contributed by atoms with Crippen LogP contribution in [-0.4, -0.2) is 171 Å². The number of carboxylic acid groups (broad SMARTS) is 1. The summed E-state index contributed by atoms with van der Waals surface area (Å²) in [5.41, 5.74) is -0.309. The number of nitrogens with zero attached hydrogens (tertiary/aromatic N) is 1. The maximum absolute atomic E-state index is 14.8. The molecule has 3 aliphatic heterocycles. The lowest BCUT2D eigenvalue weighted by Crippen LogP contribution is -2.59. The van der Waals surface area contributed by atoms with Gasteiger partial charge in [-0.2, -0.15) is 8.42 Å². The Labute approximate surface area is 457 Å². The number of aromatic nitrogens is 1. The Kier molecular flexibility index (Phi) is 21.3. The lowest BCUT2D eigenvalue weighted by Gasteiger charge is -2.31. The van der Waals surface area contributed by atoms with Gasteiger partial charge in [0.05, 0.1) is 48.2 Å². The molecule has 0 radical (unpaired) electrons. The minimum absolute atomic E-state index is 0.0101. The van der Waals surface area contributed by atoms with E-state index in [-0.39, 0.29) is 39.9 Å². The Morgan fingerprint density at radius 1 is 0.861 bits per heavy atom. The van der Waals surface area contributed by atoms with Crippen LogP contribution in [0.3, 0.4) is 0 Å². The fourth-order valence-electron chi connectivity index (χ4n) is 9.12. The molecule has 0 aliphatic carbocycles. The number of terminal acetylenes is 2. The van der Waals surface area contributed by atoms with Crippen LogP contribution >= 0.6 is 11.8 Å². The largest absolute Gasteiger partial charge is 0.481 e. The number of aliphatic hydroxyl groups excluding tert-OH is 1. The Hall–Kier alpha value is -7.86. The molecule has 5 rings (SSSR count). The Balaban J connectivity index is 1.81. The smallest absolute Gasteiger partial charge is 0.446 e. The zero-order valence-electron chi connectivity index (χ0n) is 43.3. The second-order valence-corrected chi connectivity index (χ2v) is 21.4. The summed E-state index contributed by atoms with van der Waals surface area (Å²) < 4.78 is 39.4. The van der Waals surface area contributed by atoms with Gasteiger partial charge in [-0.15, -0.1) is 24.6 Å². The molecule has 426 valence electrons. The quantitative estimate of drug-likeness (QED) is 0.0514. The first-order valence-electron chi connectivity index (χ1n) is 24.9. The van der Waals surface area contributed by atoms with Gasteiger partial charge >= 0.3 is 16.4 Å². The number of fused-ring (bicyclic) bond motifs is 5. The summed E-state index contributed by atoms with van der Waals surface area (Å²) in [6.45, 7) is 4.59. The lowest BCUT2D eigenvalue weighted by atomic mass is 9.86. The Morgan fingerprint density at radius 3 is 2.13 bits per heavy atom. The summed E-state index contributed by atoms with van der Waals surface area (Å²) in [7, 11) is -5.39. The van der Waals surface area contributed by atoms with Crippen molar-refractivity contribution < 1.29 is 84.9 Å². The van der Waals surface area contributed by atoms with Crippen molar-refractivity contribution in [2.45, 2.75) is 126 Å². The second kappa shape index (κ2) is 27.1. The number of carboxylic acids is 1. The van der Waals surface area contributed by atoms with E-state index in [2.05, 4.69) is 42.2 Å². The molecule has 2 aromatic rings. The molecule has 1 fully saturated rings. The monoisotopic (exact) mass is 1140 g/mol. The van der Waals surface area contributed by atoms with Crippen molar-refractivity contribution in [3.05, 3.63) is 23.3 Å². The van der Waals surface area contributed by atoms with E-state index in [1.165, 1.54) is 6.07 Å². The molecule has 3 aliphatic rings. The summed E-state index contributed by atoms with van der Waals surface area (Å²) in [4.78, 5) is 168. The van der Waals surface area contributed by atoms with Gasteiger partial charge in [0.1, 0.15) is 24.2 Å². The van der Waals surface area contributed by atoms with Gasteiger partial charge in [-0.1, -0.05) is 40.5 Å². The molecule has 8 amide bonds. The van der Waals surface area contributed by atoms with Crippen LogP contribution in [-0.2, 0) is 80.8 Å². The van der Waals surface area contributed by atoms with E-state index in [1.807, 2.05) is 0 Å². The SMILES string of the molecule is C#CC(=O)CC(NC(=O)C#C)C(=O)Cc1cc2c3c([nH]c2cc1OS(=O)(=O)O)SC[C@@H]1NC(=O)CNC(=O)[C@H]([C@@H](C)CC)NC(=O)CNC(=O)[C@@H](CC(=O)[C@H]([C@@H](C)CC)NC(=O)[C@@H]2C[C@@H](O)CN2C(=O)[C@H](CC(=O)O)NC1=O)C3. The third-order valence-corrected chi connectivity index (χ3v) is 15.2. The van der Waals surface area contributed by atoms with Gasteiger partial charge in [0, 0.05) is 60.9 Å². The van der Waals surface area contributed by atoms with Crippen molar-refractivity contribution in [3.8, 4) is 30.4 Å². The van der Waals surface area contributed by atoms with Gasteiger partial charge in [0.2, 0.25) is 47.1 Å². The second-order valence-electron chi connectivity index (χ2n) is 19.3. The number of thioether (sulfide) groups is 1. The minimum atomic E-state index is -5.39. The fourth-order valence-corrected chi connectivity index (χ4v) is 10.6. The average Bonchev–Trinajstić information content (AvgIpc) is 4.12. The van der Waals surface area contributed by atoms with Crippen LogP contribution < -0.4 is 41.4 Å². The van der Waals surface area contributed by atoms with Crippen LogP contribution in [0.25, 0.3) is 10.9 Å². The van der Waals surface area contributed by atoms with Gasteiger partial charge < -0.3 is 61.5 Å². The fraction of sp³-hybridized carbons (Fsp3) is 0.520. The molecule has 11 N–H and O–H groups in total. The van der Waals surface area contributed by atoms with Crippen LogP contribution in [0.15, 0.2) is 17.2 Å². The van der Waals surface area contributed by atoms with E-state index in [0.29, 0.717) is 6.42 Å². The molecule has 1 saturated heterocycles. The molecule has 1 aromatic carbocycles. The highest BCUT2D eigenvalue weighted by molar-refractivity contribution is 7.99. The summed E-state index contributed by atoms with van der Waals surface area (Å²) in [6.07, 6.45) is 5.40. The maximum atomic E-state index is 14.8. The van der Waals surface area contributed by atoms with Gasteiger partial charge in [-0.3, -0.25) is 62.1 Å². The number of aliphatic hydroxyl groups is 1. The number of nitrogens with one attached hydrogen (secondary N) is 8. The molecule has 0 saturated carbocycles. The molecule has 2 bridgehead atoms. The van der Waals surface area contributed by atoms with Crippen molar-refractivity contribution in [2.75, 3.05) is 25.4 Å². The first-order valence-corrected chi connectivity index (χ1v) is 27.3. The third kappa shape index (κ3) is 16.6. The normalized spacial score (nSPS) is 24.3. The van der Waals surface area contributed by atoms with Crippen molar-refractivity contribution in [2.24, 2.45) is 17.8 Å². The first-order chi connectivity index (χ1) is 37.2. The van der Waals surface area contributed by atoms with Crippen LogP contribution in [0.5, 0.6) is 5.75 Å². The summed E-state index contributed by atoms with van der Waals surface area (Å²) >= 11 is 0.750. The zero-order chi connectivity index (χ0) is 58.6. The van der Waals surface area contributed by atoms with Crippen LogP contribution in [0.1, 0.15) is 77.3 Å². The highest BCUT2D eigenvalue weighted by Crippen LogP contribution is 2.38. The van der Waals surface area contributed by atoms with Crippen molar-refractivity contribution >= 4 is 104 Å². The summed E-state index contributed by atoms with van der Waals surface area (Å²) in [6, 6.07) is -7.38. The molecule has 29 heteroatoms. The first kappa shape index (κ1) is 62.0. The van der Waals surface area contributed by atoms with Crippen molar-refractivity contribution in [1.82, 2.24) is 47.1 Å². The average molecular weight is 1140 g/mol. The number of ketones is 3. The standard InChI is InChI=1S/C50H61N9O18S2/c1-7-23(5)43-37(63)14-26-12-30-29-11-25(13-36(62)32(15-27(60)9-3)53-39(64)10-4)38(77-79(74,75)76)17-31(29)56-49(30)78-22-34(54-40(65)19-52-48(72)44(24(6)8-2)57-41(66)20-51-45(26)69)46(70)55-33(18-42(67)68)50(73)59-21-28(61)16-35(59)47(71)58-43/h3-4,11,17,23-24,26,28,32-35,43-44,56,61H,7-8,12-16,18-22H2,1-2,5-6H3,(H,51,69)(H,52,72)(H,53,64)(H,54,65)(H,55,70)(H,57,66)(H,58,71)(H,67,68)(H,74,75,76)/t23-,24-,26+,28+,32?,33-,34-,35-,43-,44-/m0/s1. The molecule has 1 aromatic heterocycles. The van der Waals surface area contributed by atoms with Crippen LogP contribution in [0.2, 0.25) is 0 Å². The van der Waals surface area contributed by atoms with Crippen molar-refractivity contribution in [3.63, 3.8) is 0 Å². The van der Waals surface area contributed by atoms with Gasteiger partial charge in [0.15, 0.2) is 17.3 Å². The Bertz CT molecular complexity index is 2970. The molecular formula is C50H61N9O18S2. The molecule has 79 heavy (non-hydrogen) atoms. The number of Topliss-reactive ketones (excluding diaryl/α,β-unsaturated/α-hetero) is 3. The van der Waals surface area contributed by atoms with E-state index in [4.69, 9.17) is 17.0 Å². The number of carbonyl (C=O) groups excluding carboxylic acids is 11. The molecule has 10 atom stereocenters. The van der Waals surface area contributed by atoms with Gasteiger partial charge in [-0.05, 0) is 41.7 Å². The lowest BCUT2D eigenvalue weighted by molar-refractivity contribution is -0.146. The van der Waals surface area contributed by atoms with E-state index < -0.39 is 204 Å². The molecule has 0 spiro atoms. The number of amides is 8. The molecule has 27 nitrogen and oxygen atoms in total. The van der Waals surface area contributed by atoms with Crippen molar-refractivity contribution in [1.29, 1.82) is 0 Å². The highest BCUT2D eigenvalue weighted by atomic mass is 32.3. The predicted octanol–water partition coefficient (Wildman–Crippen LogP) is -2.89. The number of carbonyl (C=O) groups is 12. The van der Waals surface area contributed by atoms with Gasteiger partial charge in [-0.25, -0.2) is 0 Å². The molecular weight excluding hydrogens is 1080 g/mol. The van der Waals surface area contributed by atoms with E-state index in [1.54, 1.807) is 39.5 Å². The topological polar surface area (TPSA) is 412 Å². The summed E-state index contributed by atoms with van der Waals surface area (Å²) in [5, 5.41) is 37.9. The maximum Gasteiger partial charge on any atom is 0.446 e. The van der Waals surface area contributed by atoms with Gasteiger partial charge in [0.25, 0.3) is 5.91 Å². The number of aliphatic carboxylic acids is 1. The minimum Gasteiger partial charge on any atom is -0.481 e. The zero-order valence-corrected chi connectivity index (χ0v) is 44.9. The number of aromatic amines is 1. The van der Waals surface area contributed by atoms with E-state index >= 15 is 0 Å². The third-order valence-electron chi connectivity index (χ3n) is 13.7. The molecule has 4 heterocycles.